The third kappa shape index (κ3) is 5.90. The second kappa shape index (κ2) is 11.1. The number of fused-ring (bicyclic) bond motifs is 1. The molecule has 0 bridgehead atoms. The second-order valence-corrected chi connectivity index (χ2v) is 11.4. The first-order valence-electron chi connectivity index (χ1n) is 12.4. The van der Waals surface area contributed by atoms with Crippen molar-refractivity contribution in [2.75, 3.05) is 45.8 Å². The van der Waals surface area contributed by atoms with Crippen LogP contribution in [0.5, 0.6) is 0 Å². The van der Waals surface area contributed by atoms with Crippen LogP contribution in [-0.4, -0.2) is 73.6 Å². The number of hydrogen-bond donors (Lipinski definition) is 1. The van der Waals surface area contributed by atoms with Gasteiger partial charge in [0.2, 0.25) is 5.91 Å². The first-order valence-corrected chi connectivity index (χ1v) is 13.8. The van der Waals surface area contributed by atoms with E-state index in [4.69, 9.17) is 0 Å². The molecule has 3 aliphatic rings. The Morgan fingerprint density at radius 1 is 0.938 bits per heavy atom. The summed E-state index contributed by atoms with van der Waals surface area (Å²) in [6.07, 6.45) is 7.57. The van der Waals surface area contributed by atoms with Crippen molar-refractivity contribution in [3.8, 4) is 0 Å². The second-order valence-electron chi connectivity index (χ2n) is 9.46. The van der Waals surface area contributed by atoms with Crippen molar-refractivity contribution >= 4 is 16.1 Å². The van der Waals surface area contributed by atoms with Gasteiger partial charge in [0.1, 0.15) is 0 Å². The Morgan fingerprint density at radius 2 is 1.66 bits per heavy atom. The van der Waals surface area contributed by atoms with E-state index in [2.05, 4.69) is 34.5 Å². The van der Waals surface area contributed by atoms with Crippen molar-refractivity contribution in [2.45, 2.75) is 57.9 Å². The number of amides is 1. The van der Waals surface area contributed by atoms with E-state index in [0.717, 1.165) is 71.0 Å². The summed E-state index contributed by atoms with van der Waals surface area (Å²) in [5, 5.41) is 3.07. The predicted octanol–water partition coefficient (Wildman–Crippen LogP) is 2.38. The van der Waals surface area contributed by atoms with Crippen molar-refractivity contribution in [2.24, 2.45) is 5.92 Å². The van der Waals surface area contributed by atoms with Crippen molar-refractivity contribution in [1.82, 2.24) is 18.8 Å². The maximum Gasteiger partial charge on any atom is 0.281 e. The van der Waals surface area contributed by atoms with Crippen LogP contribution in [0.1, 0.15) is 56.1 Å². The van der Waals surface area contributed by atoms with Gasteiger partial charge in [-0.2, -0.15) is 17.0 Å². The molecule has 1 atom stereocenters. The zero-order valence-corrected chi connectivity index (χ0v) is 20.0. The van der Waals surface area contributed by atoms with Gasteiger partial charge < -0.3 is 5.32 Å². The van der Waals surface area contributed by atoms with Gasteiger partial charge in [-0.3, -0.25) is 9.69 Å². The quantitative estimate of drug-likeness (QED) is 0.632. The van der Waals surface area contributed by atoms with Gasteiger partial charge in [0, 0.05) is 52.4 Å². The highest BCUT2D eigenvalue weighted by atomic mass is 32.2. The summed E-state index contributed by atoms with van der Waals surface area (Å²) in [5.74, 6) is -0.239. The number of hydrogen-bond acceptors (Lipinski definition) is 4. The van der Waals surface area contributed by atoms with Gasteiger partial charge in [0.15, 0.2) is 0 Å². The third-order valence-corrected chi connectivity index (χ3v) is 9.13. The number of piperidine rings is 1. The summed E-state index contributed by atoms with van der Waals surface area (Å²) in [6.45, 7) is 5.72. The Hall–Kier alpha value is -1.48. The minimum Gasteiger partial charge on any atom is -0.356 e. The van der Waals surface area contributed by atoms with Gasteiger partial charge in [-0.1, -0.05) is 37.1 Å². The van der Waals surface area contributed by atoms with E-state index in [1.807, 2.05) is 0 Å². The number of carbonyl (C=O) groups is 1. The largest absolute Gasteiger partial charge is 0.356 e. The fourth-order valence-electron chi connectivity index (χ4n) is 5.21. The van der Waals surface area contributed by atoms with E-state index in [0.29, 0.717) is 32.7 Å². The average molecular weight is 463 g/mol. The number of carbonyl (C=O) groups excluding carboxylic acids is 1. The Bertz CT molecular complexity index is 868. The number of benzene rings is 1. The molecule has 0 radical (unpaired) electrons. The Labute approximate surface area is 193 Å². The molecule has 1 aromatic rings. The molecule has 32 heavy (non-hydrogen) atoms. The molecule has 3 aliphatic heterocycles. The van der Waals surface area contributed by atoms with E-state index in [9.17, 15) is 13.2 Å². The van der Waals surface area contributed by atoms with Crippen molar-refractivity contribution in [3.63, 3.8) is 0 Å². The first-order chi connectivity index (χ1) is 15.5. The van der Waals surface area contributed by atoms with Crippen molar-refractivity contribution in [3.05, 3.63) is 35.4 Å². The summed E-state index contributed by atoms with van der Waals surface area (Å²) >= 11 is 0. The van der Waals surface area contributed by atoms with Crippen LogP contribution in [0, 0.1) is 5.92 Å². The van der Waals surface area contributed by atoms with Crippen LogP contribution in [0.3, 0.4) is 0 Å². The molecular weight excluding hydrogens is 424 g/mol. The number of rotatable bonds is 7. The molecule has 1 amide bonds. The topological polar surface area (TPSA) is 73.0 Å². The summed E-state index contributed by atoms with van der Waals surface area (Å²) in [4.78, 5) is 15.2. The van der Waals surface area contributed by atoms with Gasteiger partial charge in [-0.25, -0.2) is 0 Å². The van der Waals surface area contributed by atoms with E-state index >= 15 is 0 Å². The molecule has 0 spiro atoms. The highest BCUT2D eigenvalue weighted by Gasteiger charge is 2.35. The van der Waals surface area contributed by atoms with E-state index < -0.39 is 10.2 Å². The molecule has 1 N–H and O–H groups in total. The number of nitrogens with zero attached hydrogens (tertiary/aromatic N) is 3. The molecule has 0 saturated carbocycles. The molecule has 2 saturated heterocycles. The molecule has 1 aromatic carbocycles. The summed E-state index contributed by atoms with van der Waals surface area (Å²) in [7, 11) is -3.46. The zero-order valence-electron chi connectivity index (χ0n) is 19.2. The molecule has 178 valence electrons. The molecule has 3 heterocycles. The molecule has 0 aromatic heterocycles. The van der Waals surface area contributed by atoms with Crippen molar-refractivity contribution in [1.29, 1.82) is 0 Å². The van der Waals surface area contributed by atoms with Crippen LogP contribution in [0.2, 0.25) is 0 Å². The fraction of sp³-hybridized carbons (Fsp3) is 0.708. The zero-order chi connectivity index (χ0) is 22.4. The van der Waals surface area contributed by atoms with E-state index in [1.165, 1.54) is 11.1 Å². The molecule has 2 fully saturated rings. The van der Waals surface area contributed by atoms with Gasteiger partial charge >= 0.3 is 0 Å². The van der Waals surface area contributed by atoms with E-state index in [-0.39, 0.29) is 11.8 Å². The lowest BCUT2D eigenvalue weighted by Gasteiger charge is -2.34. The molecular formula is C24H38N4O3S. The summed E-state index contributed by atoms with van der Waals surface area (Å²) < 4.78 is 29.4. The minimum absolute atomic E-state index is 0.00440. The van der Waals surface area contributed by atoms with Gasteiger partial charge in [-0.05, 0) is 49.7 Å². The van der Waals surface area contributed by atoms with Gasteiger partial charge in [0.25, 0.3) is 10.2 Å². The SMILES string of the molecule is O=C(NCCCN1CCc2ccccc2C1)[C@H]1CCCN(S(=O)(=O)N2CCCCCC2)C1. The molecule has 4 rings (SSSR count). The van der Waals surface area contributed by atoms with Crippen LogP contribution in [0.25, 0.3) is 0 Å². The highest BCUT2D eigenvalue weighted by molar-refractivity contribution is 7.86. The summed E-state index contributed by atoms with van der Waals surface area (Å²) in [6, 6.07) is 8.63. The summed E-state index contributed by atoms with van der Waals surface area (Å²) in [5.41, 5.74) is 2.87. The average Bonchev–Trinajstić information content (AvgIpc) is 3.12. The molecule has 8 heteroatoms. The normalized spacial score (nSPS) is 23.9. The highest BCUT2D eigenvalue weighted by Crippen LogP contribution is 2.23. The smallest absolute Gasteiger partial charge is 0.281 e. The lowest BCUT2D eigenvalue weighted by molar-refractivity contribution is -0.126. The molecule has 0 unspecified atom stereocenters. The minimum atomic E-state index is -3.46. The first kappa shape index (κ1) is 23.7. The Kier molecular flexibility index (Phi) is 8.21. The third-order valence-electron chi connectivity index (χ3n) is 7.13. The lowest BCUT2D eigenvalue weighted by Crippen LogP contribution is -2.50. The monoisotopic (exact) mass is 462 g/mol. The number of nitrogens with one attached hydrogen (secondary N) is 1. The van der Waals surface area contributed by atoms with Crippen molar-refractivity contribution < 1.29 is 13.2 Å². The van der Waals surface area contributed by atoms with Crippen LogP contribution in [0.4, 0.5) is 0 Å². The maximum atomic E-state index is 13.1. The van der Waals surface area contributed by atoms with Gasteiger partial charge in [-0.15, -0.1) is 0 Å². The standard InChI is InChI=1S/C24H38N4O3S/c29-24(25-13-8-14-26-18-12-21-9-3-4-10-22(21)19-26)23-11-7-17-28(20-23)32(30,31)27-15-5-1-2-6-16-27/h3-4,9-10,23H,1-2,5-8,11-20H2,(H,25,29)/t23-/m0/s1. The Morgan fingerprint density at radius 3 is 2.44 bits per heavy atom. The Balaban J connectivity index is 1.21. The van der Waals surface area contributed by atoms with Crippen LogP contribution < -0.4 is 5.32 Å². The predicted molar refractivity (Wildman–Crippen MR) is 126 cm³/mol. The molecule has 0 aliphatic carbocycles. The van der Waals surface area contributed by atoms with Crippen LogP contribution in [-0.2, 0) is 28.0 Å². The molecule has 7 nitrogen and oxygen atoms in total. The fourth-order valence-corrected chi connectivity index (χ4v) is 6.98. The van der Waals surface area contributed by atoms with Crippen LogP contribution in [0.15, 0.2) is 24.3 Å². The van der Waals surface area contributed by atoms with Crippen LogP contribution >= 0.6 is 0 Å². The lowest BCUT2D eigenvalue weighted by atomic mass is 9.99. The van der Waals surface area contributed by atoms with E-state index in [1.54, 1.807) is 8.61 Å². The maximum absolute atomic E-state index is 13.1. The van der Waals surface area contributed by atoms with Gasteiger partial charge in [0.05, 0.1) is 5.92 Å².